The summed E-state index contributed by atoms with van der Waals surface area (Å²) in [6.07, 6.45) is 5.21. The van der Waals surface area contributed by atoms with Crippen molar-refractivity contribution in [3.63, 3.8) is 0 Å². The quantitative estimate of drug-likeness (QED) is 0.438. The average molecular weight is 219 g/mol. The molecule has 6 heteroatoms. The summed E-state index contributed by atoms with van der Waals surface area (Å²) in [7, 11) is 3.42. The van der Waals surface area contributed by atoms with Crippen LogP contribution in [-0.2, 0) is 18.4 Å². The summed E-state index contributed by atoms with van der Waals surface area (Å²) >= 11 is 0. The lowest BCUT2D eigenvalue weighted by Gasteiger charge is -2.10. The number of allylic oxidation sites excluding steroid dienone is 1. The molecule has 16 heavy (non-hydrogen) atoms. The summed E-state index contributed by atoms with van der Waals surface area (Å²) in [6, 6.07) is 0. The van der Waals surface area contributed by atoms with Gasteiger partial charge in [-0.2, -0.15) is 0 Å². The molecule has 2 rings (SSSR count). The molecular formula is C10H13N5O. The van der Waals surface area contributed by atoms with Crippen molar-refractivity contribution >= 4 is 17.0 Å². The molecule has 0 spiro atoms. The van der Waals surface area contributed by atoms with Gasteiger partial charge in [-0.15, -0.1) is 4.98 Å². The highest BCUT2D eigenvalue weighted by Gasteiger charge is 2.13. The molecule has 0 saturated carbocycles. The summed E-state index contributed by atoms with van der Waals surface area (Å²) in [5, 5.41) is 0. The zero-order valence-corrected chi connectivity index (χ0v) is 9.29. The van der Waals surface area contributed by atoms with Crippen molar-refractivity contribution in [1.29, 1.82) is 0 Å². The first kappa shape index (κ1) is 10.6. The number of aryl methyl sites for hydroxylation is 1. The molecule has 0 saturated heterocycles. The van der Waals surface area contributed by atoms with Crippen LogP contribution in [0.4, 0.5) is 5.82 Å². The highest BCUT2D eigenvalue weighted by molar-refractivity contribution is 5.81. The second-order valence-electron chi connectivity index (χ2n) is 3.31. The number of imidazole rings is 1. The number of hydrogen-bond acceptors (Lipinski definition) is 3. The van der Waals surface area contributed by atoms with Gasteiger partial charge in [0, 0.05) is 12.9 Å². The molecule has 0 aliphatic heterocycles. The summed E-state index contributed by atoms with van der Waals surface area (Å²) in [4.78, 5) is 13.1. The van der Waals surface area contributed by atoms with Crippen LogP contribution in [0.1, 0.15) is 0 Å². The molecule has 0 aromatic carbocycles. The Labute approximate surface area is 93.2 Å². The molecule has 6 nitrogen and oxygen atoms in total. The molecular weight excluding hydrogens is 206 g/mol. The Morgan fingerprint density at radius 1 is 1.62 bits per heavy atom. The minimum atomic E-state index is 0.523. The van der Waals surface area contributed by atoms with Crippen LogP contribution < -0.4 is 4.57 Å². The molecule has 0 atom stereocenters. The van der Waals surface area contributed by atoms with Crippen LogP contribution >= 0.6 is 0 Å². The molecule has 0 bridgehead atoms. The SMILES string of the molecule is C=CCn1c[n+](C)c2ncnc([N-]OC)c21. The fourth-order valence-corrected chi connectivity index (χ4v) is 1.63. The minimum Gasteiger partial charge on any atom is -0.407 e. The van der Waals surface area contributed by atoms with Crippen molar-refractivity contribution in [2.75, 3.05) is 7.11 Å². The number of fused-ring (bicyclic) bond motifs is 1. The Balaban J connectivity index is 2.66. The largest absolute Gasteiger partial charge is 0.407 e. The molecule has 0 fully saturated rings. The van der Waals surface area contributed by atoms with Crippen molar-refractivity contribution in [1.82, 2.24) is 14.5 Å². The van der Waals surface area contributed by atoms with E-state index in [2.05, 4.69) is 22.0 Å². The zero-order chi connectivity index (χ0) is 11.5. The van der Waals surface area contributed by atoms with Crippen molar-refractivity contribution in [2.24, 2.45) is 7.05 Å². The fourth-order valence-electron chi connectivity index (χ4n) is 1.63. The number of nitrogens with zero attached hydrogens (tertiary/aromatic N) is 5. The van der Waals surface area contributed by atoms with Gasteiger partial charge in [-0.1, -0.05) is 12.7 Å². The van der Waals surface area contributed by atoms with E-state index in [1.807, 2.05) is 28.6 Å². The van der Waals surface area contributed by atoms with E-state index in [1.54, 1.807) is 0 Å². The summed E-state index contributed by atoms with van der Waals surface area (Å²) in [5.74, 6) is 0.523. The Bertz CT molecular complexity index is 519. The van der Waals surface area contributed by atoms with Gasteiger partial charge in [0.1, 0.15) is 0 Å². The van der Waals surface area contributed by atoms with Crippen LogP contribution in [0.5, 0.6) is 0 Å². The van der Waals surface area contributed by atoms with E-state index in [-0.39, 0.29) is 0 Å². The maximum Gasteiger partial charge on any atom is 0.300 e. The molecule has 0 unspecified atom stereocenters. The third-order valence-electron chi connectivity index (χ3n) is 2.22. The summed E-state index contributed by atoms with van der Waals surface area (Å²) in [5.41, 5.74) is 5.52. The molecule has 2 aromatic heterocycles. The van der Waals surface area contributed by atoms with E-state index in [4.69, 9.17) is 4.84 Å². The maximum absolute atomic E-state index is 4.76. The van der Waals surface area contributed by atoms with E-state index < -0.39 is 0 Å². The Morgan fingerprint density at radius 2 is 2.44 bits per heavy atom. The molecule has 84 valence electrons. The van der Waals surface area contributed by atoms with Crippen LogP contribution in [0.3, 0.4) is 0 Å². The van der Waals surface area contributed by atoms with Crippen LogP contribution in [0.15, 0.2) is 25.3 Å². The molecule has 0 radical (unpaired) electrons. The molecule has 0 amide bonds. The van der Waals surface area contributed by atoms with E-state index in [0.29, 0.717) is 12.4 Å². The Kier molecular flexibility index (Phi) is 2.82. The molecule has 2 heterocycles. The standard InChI is InChI=1S/C10H13N5O/c1-4-5-15-7-14(2)10-8(15)9(13-16-3)11-6-12-10/h4,6-7H,1,5H2,2-3H3. The summed E-state index contributed by atoms with van der Waals surface area (Å²) < 4.78 is 3.88. The van der Waals surface area contributed by atoms with Crippen LogP contribution in [0.25, 0.3) is 16.6 Å². The fraction of sp³-hybridized carbons (Fsp3) is 0.300. The predicted octanol–water partition coefficient (Wildman–Crippen LogP) is 1.01. The van der Waals surface area contributed by atoms with Crippen LogP contribution in [0, 0.1) is 0 Å². The molecule has 0 aliphatic rings. The van der Waals surface area contributed by atoms with Crippen LogP contribution in [-0.4, -0.2) is 21.6 Å². The van der Waals surface area contributed by atoms with E-state index in [1.165, 1.54) is 13.4 Å². The number of hydrogen-bond donors (Lipinski definition) is 0. The van der Waals surface area contributed by atoms with E-state index in [0.717, 1.165) is 11.2 Å². The highest BCUT2D eigenvalue weighted by Crippen LogP contribution is 2.23. The lowest BCUT2D eigenvalue weighted by atomic mass is 10.4. The second kappa shape index (κ2) is 4.28. The maximum atomic E-state index is 4.76. The Morgan fingerprint density at radius 3 is 3.12 bits per heavy atom. The lowest BCUT2D eigenvalue weighted by Crippen LogP contribution is -2.26. The predicted molar refractivity (Wildman–Crippen MR) is 58.9 cm³/mol. The molecule has 2 aromatic rings. The smallest absolute Gasteiger partial charge is 0.300 e. The average Bonchev–Trinajstić information content (AvgIpc) is 2.58. The topological polar surface area (TPSA) is 57.9 Å². The number of rotatable bonds is 4. The van der Waals surface area contributed by atoms with Crippen LogP contribution in [0.2, 0.25) is 0 Å². The van der Waals surface area contributed by atoms with Gasteiger partial charge in [-0.3, -0.25) is 4.57 Å². The normalized spacial score (nSPS) is 10.6. The van der Waals surface area contributed by atoms with Gasteiger partial charge >= 0.3 is 5.65 Å². The van der Waals surface area contributed by atoms with Gasteiger partial charge in [0.15, 0.2) is 11.8 Å². The summed E-state index contributed by atoms with van der Waals surface area (Å²) in [6.45, 7) is 4.39. The Hall–Kier alpha value is -1.95. The van der Waals surface area contributed by atoms with Gasteiger partial charge in [-0.05, 0) is 0 Å². The van der Waals surface area contributed by atoms with Crippen molar-refractivity contribution in [2.45, 2.75) is 6.54 Å². The van der Waals surface area contributed by atoms with Gasteiger partial charge in [0.05, 0.1) is 19.9 Å². The lowest BCUT2D eigenvalue weighted by molar-refractivity contribution is -0.647. The minimum absolute atomic E-state index is 0.523. The first-order valence-corrected chi connectivity index (χ1v) is 4.82. The molecule has 0 N–H and O–H groups in total. The van der Waals surface area contributed by atoms with E-state index in [9.17, 15) is 0 Å². The zero-order valence-electron chi connectivity index (χ0n) is 9.29. The van der Waals surface area contributed by atoms with Gasteiger partial charge in [0.25, 0.3) is 0 Å². The first-order valence-electron chi connectivity index (χ1n) is 4.82. The highest BCUT2D eigenvalue weighted by atomic mass is 16.6. The first-order chi connectivity index (χ1) is 7.77. The van der Waals surface area contributed by atoms with Gasteiger partial charge in [0.2, 0.25) is 0 Å². The third-order valence-corrected chi connectivity index (χ3v) is 2.22. The molecule has 0 aliphatic carbocycles. The second-order valence-corrected chi connectivity index (χ2v) is 3.31. The van der Waals surface area contributed by atoms with Gasteiger partial charge in [-0.25, -0.2) is 4.57 Å². The van der Waals surface area contributed by atoms with Crippen molar-refractivity contribution < 1.29 is 9.40 Å². The van der Waals surface area contributed by atoms with Crippen molar-refractivity contribution in [3.05, 3.63) is 30.8 Å². The third kappa shape index (κ3) is 1.63. The number of aromatic nitrogens is 4. The van der Waals surface area contributed by atoms with E-state index >= 15 is 0 Å². The van der Waals surface area contributed by atoms with Crippen molar-refractivity contribution in [3.8, 4) is 0 Å². The van der Waals surface area contributed by atoms with Gasteiger partial charge < -0.3 is 15.3 Å². The monoisotopic (exact) mass is 219 g/mol.